The zero-order valence-corrected chi connectivity index (χ0v) is 14.2. The van der Waals surface area contributed by atoms with Crippen LogP contribution in [0.3, 0.4) is 0 Å². The van der Waals surface area contributed by atoms with Gasteiger partial charge in [0.1, 0.15) is 0 Å². The molecule has 5 nitrogen and oxygen atoms in total. The van der Waals surface area contributed by atoms with Gasteiger partial charge in [-0.15, -0.1) is 0 Å². The Bertz CT molecular complexity index is 404. The lowest BCUT2D eigenvalue weighted by Gasteiger charge is -2.39. The van der Waals surface area contributed by atoms with Crippen LogP contribution in [0, 0.1) is 5.41 Å². The van der Waals surface area contributed by atoms with E-state index in [0.29, 0.717) is 19.4 Å². The lowest BCUT2D eigenvalue weighted by molar-refractivity contribution is -0.145. The van der Waals surface area contributed by atoms with E-state index in [2.05, 4.69) is 0 Å². The molecule has 0 atom stereocenters. The molecule has 0 aromatic rings. The third-order valence-electron chi connectivity index (χ3n) is 4.19. The standard InChI is InChI=1S/C15H27N3O2S/c1-4-10-18(11-12(19)17(2)3)14(20)15(13(16)21)8-6-5-7-9-15/h4-11H2,1-3H3,(H2,16,21). The summed E-state index contributed by atoms with van der Waals surface area (Å²) < 4.78 is 0. The van der Waals surface area contributed by atoms with Gasteiger partial charge < -0.3 is 15.5 Å². The minimum Gasteiger partial charge on any atom is -0.392 e. The molecule has 0 aromatic heterocycles. The SMILES string of the molecule is CCCN(CC(=O)N(C)C)C(=O)C1(C(N)=S)CCCCC1. The van der Waals surface area contributed by atoms with Crippen LogP contribution in [-0.4, -0.2) is 53.8 Å². The van der Waals surface area contributed by atoms with Gasteiger partial charge in [0.05, 0.1) is 16.9 Å². The third-order valence-corrected chi connectivity index (χ3v) is 4.58. The zero-order chi connectivity index (χ0) is 16.0. The van der Waals surface area contributed by atoms with Crippen molar-refractivity contribution in [2.75, 3.05) is 27.2 Å². The number of nitrogens with zero attached hydrogens (tertiary/aromatic N) is 2. The smallest absolute Gasteiger partial charge is 0.241 e. The molecule has 6 heteroatoms. The van der Waals surface area contributed by atoms with Crippen LogP contribution in [-0.2, 0) is 9.59 Å². The number of carbonyl (C=O) groups is 2. The molecule has 1 rings (SSSR count). The highest BCUT2D eigenvalue weighted by Gasteiger charge is 2.44. The first-order chi connectivity index (χ1) is 9.85. The predicted octanol–water partition coefficient (Wildman–Crippen LogP) is 1.55. The van der Waals surface area contributed by atoms with Crippen molar-refractivity contribution >= 4 is 29.0 Å². The zero-order valence-electron chi connectivity index (χ0n) is 13.4. The number of carbonyl (C=O) groups excluding carboxylic acids is 2. The van der Waals surface area contributed by atoms with Gasteiger partial charge in [0, 0.05) is 20.6 Å². The maximum absolute atomic E-state index is 13.0. The number of hydrogen-bond acceptors (Lipinski definition) is 3. The summed E-state index contributed by atoms with van der Waals surface area (Å²) >= 11 is 5.21. The largest absolute Gasteiger partial charge is 0.392 e. The second kappa shape index (κ2) is 7.73. The number of amides is 2. The molecule has 120 valence electrons. The summed E-state index contributed by atoms with van der Waals surface area (Å²) in [4.78, 5) is 28.4. The van der Waals surface area contributed by atoms with Gasteiger partial charge in [-0.05, 0) is 19.3 Å². The Morgan fingerprint density at radius 3 is 2.19 bits per heavy atom. The summed E-state index contributed by atoms with van der Waals surface area (Å²) in [5, 5.41) is 0. The van der Waals surface area contributed by atoms with Crippen molar-refractivity contribution in [1.29, 1.82) is 0 Å². The molecular formula is C15H27N3O2S. The normalized spacial score (nSPS) is 17.1. The molecule has 1 fully saturated rings. The van der Waals surface area contributed by atoms with Crippen LogP contribution in [0.4, 0.5) is 0 Å². The van der Waals surface area contributed by atoms with E-state index in [0.717, 1.165) is 25.7 Å². The van der Waals surface area contributed by atoms with E-state index < -0.39 is 5.41 Å². The average Bonchev–Trinajstić information content (AvgIpc) is 2.46. The molecule has 2 amide bonds. The lowest BCUT2D eigenvalue weighted by atomic mass is 9.73. The topological polar surface area (TPSA) is 66.6 Å². The first-order valence-corrected chi connectivity index (χ1v) is 8.05. The van der Waals surface area contributed by atoms with Crippen molar-refractivity contribution < 1.29 is 9.59 Å². The summed E-state index contributed by atoms with van der Waals surface area (Å²) in [6, 6.07) is 0. The molecule has 1 aliphatic carbocycles. The van der Waals surface area contributed by atoms with Gasteiger partial charge in [-0.2, -0.15) is 0 Å². The highest BCUT2D eigenvalue weighted by molar-refractivity contribution is 7.80. The Hall–Kier alpha value is -1.17. The molecule has 1 aliphatic rings. The lowest BCUT2D eigenvalue weighted by Crippen LogP contribution is -2.53. The molecule has 0 spiro atoms. The molecular weight excluding hydrogens is 286 g/mol. The first kappa shape index (κ1) is 17.9. The van der Waals surface area contributed by atoms with Gasteiger partial charge in [-0.25, -0.2) is 0 Å². The van der Waals surface area contributed by atoms with Crippen molar-refractivity contribution in [1.82, 2.24) is 9.80 Å². The van der Waals surface area contributed by atoms with E-state index in [-0.39, 0.29) is 23.3 Å². The van der Waals surface area contributed by atoms with Crippen LogP contribution in [0.1, 0.15) is 45.4 Å². The minimum atomic E-state index is -0.741. The fourth-order valence-electron chi connectivity index (χ4n) is 2.85. The van der Waals surface area contributed by atoms with Crippen molar-refractivity contribution in [2.24, 2.45) is 11.1 Å². The van der Waals surface area contributed by atoms with Crippen molar-refractivity contribution in [2.45, 2.75) is 45.4 Å². The fraction of sp³-hybridized carbons (Fsp3) is 0.800. The second-order valence-electron chi connectivity index (χ2n) is 6.02. The van der Waals surface area contributed by atoms with Crippen LogP contribution < -0.4 is 5.73 Å². The van der Waals surface area contributed by atoms with Crippen molar-refractivity contribution in [3.8, 4) is 0 Å². The van der Waals surface area contributed by atoms with Gasteiger partial charge >= 0.3 is 0 Å². The van der Waals surface area contributed by atoms with E-state index in [1.807, 2.05) is 6.92 Å². The Balaban J connectivity index is 2.96. The van der Waals surface area contributed by atoms with Crippen LogP contribution in [0.25, 0.3) is 0 Å². The van der Waals surface area contributed by atoms with Crippen molar-refractivity contribution in [3.63, 3.8) is 0 Å². The Kier molecular flexibility index (Phi) is 6.58. The number of hydrogen-bond donors (Lipinski definition) is 1. The van der Waals surface area contributed by atoms with Gasteiger partial charge in [-0.1, -0.05) is 38.4 Å². The van der Waals surface area contributed by atoms with E-state index >= 15 is 0 Å². The Morgan fingerprint density at radius 2 is 1.76 bits per heavy atom. The van der Waals surface area contributed by atoms with E-state index in [9.17, 15) is 9.59 Å². The first-order valence-electron chi connectivity index (χ1n) is 7.64. The van der Waals surface area contributed by atoms with Crippen LogP contribution in [0.15, 0.2) is 0 Å². The highest BCUT2D eigenvalue weighted by atomic mass is 32.1. The third kappa shape index (κ3) is 4.15. The molecule has 0 aromatic carbocycles. The number of thiocarbonyl (C=S) groups is 1. The van der Waals surface area contributed by atoms with Crippen molar-refractivity contribution in [3.05, 3.63) is 0 Å². The predicted molar refractivity (Wildman–Crippen MR) is 87.9 cm³/mol. The molecule has 0 aliphatic heterocycles. The van der Waals surface area contributed by atoms with Crippen LogP contribution >= 0.6 is 12.2 Å². The summed E-state index contributed by atoms with van der Waals surface area (Å²) in [5.74, 6) is -0.141. The van der Waals surface area contributed by atoms with Gasteiger partial charge in [0.25, 0.3) is 0 Å². The Labute approximate surface area is 132 Å². The number of nitrogens with two attached hydrogens (primary N) is 1. The molecule has 0 heterocycles. The van der Waals surface area contributed by atoms with Gasteiger partial charge in [0.15, 0.2) is 0 Å². The monoisotopic (exact) mass is 313 g/mol. The van der Waals surface area contributed by atoms with Gasteiger partial charge in [-0.3, -0.25) is 9.59 Å². The molecule has 21 heavy (non-hydrogen) atoms. The molecule has 0 unspecified atom stereocenters. The molecule has 1 saturated carbocycles. The summed E-state index contributed by atoms with van der Waals surface area (Å²) in [6.07, 6.45) is 5.26. The molecule has 0 saturated heterocycles. The van der Waals surface area contributed by atoms with Gasteiger partial charge in [0.2, 0.25) is 11.8 Å². The van der Waals surface area contributed by atoms with E-state index in [1.165, 1.54) is 4.90 Å². The van der Waals surface area contributed by atoms with E-state index in [1.54, 1.807) is 19.0 Å². The molecule has 2 N–H and O–H groups in total. The molecule has 0 bridgehead atoms. The highest BCUT2D eigenvalue weighted by Crippen LogP contribution is 2.38. The second-order valence-corrected chi connectivity index (χ2v) is 6.46. The Morgan fingerprint density at radius 1 is 1.19 bits per heavy atom. The quantitative estimate of drug-likeness (QED) is 0.756. The summed E-state index contributed by atoms with van der Waals surface area (Å²) in [7, 11) is 3.39. The summed E-state index contributed by atoms with van der Waals surface area (Å²) in [5.41, 5.74) is 5.18. The average molecular weight is 313 g/mol. The minimum absolute atomic E-state index is 0.0632. The number of likely N-dealkylation sites (N-methyl/N-ethyl adjacent to an activating group) is 1. The number of rotatable bonds is 6. The maximum atomic E-state index is 13.0. The maximum Gasteiger partial charge on any atom is 0.241 e. The molecule has 0 radical (unpaired) electrons. The summed E-state index contributed by atoms with van der Waals surface area (Å²) in [6.45, 7) is 2.65. The fourth-order valence-corrected chi connectivity index (χ4v) is 3.14. The van der Waals surface area contributed by atoms with Crippen LogP contribution in [0.2, 0.25) is 0 Å². The van der Waals surface area contributed by atoms with Crippen LogP contribution in [0.5, 0.6) is 0 Å². The van der Waals surface area contributed by atoms with E-state index in [4.69, 9.17) is 18.0 Å².